The zero-order valence-corrected chi connectivity index (χ0v) is 12.7. The summed E-state index contributed by atoms with van der Waals surface area (Å²) in [4.78, 5) is 4.49. The number of ether oxygens (including phenoxy) is 2. The molecule has 4 heteroatoms. The first kappa shape index (κ1) is 14.6. The Balaban J connectivity index is 1.67. The third kappa shape index (κ3) is 3.28. The van der Waals surface area contributed by atoms with E-state index in [1.54, 1.807) is 7.11 Å². The van der Waals surface area contributed by atoms with Crippen LogP contribution in [0.3, 0.4) is 0 Å². The Labute approximate surface area is 130 Å². The molecule has 0 unspecified atom stereocenters. The van der Waals surface area contributed by atoms with Crippen molar-refractivity contribution in [1.82, 2.24) is 5.32 Å². The molecule has 0 saturated carbocycles. The lowest BCUT2D eigenvalue weighted by molar-refractivity contribution is 0.105. The molecule has 0 radical (unpaired) electrons. The number of methoxy groups -OCH3 is 1. The van der Waals surface area contributed by atoms with Gasteiger partial charge in [0.15, 0.2) is 0 Å². The number of amidine groups is 1. The van der Waals surface area contributed by atoms with Gasteiger partial charge in [0.05, 0.1) is 26.9 Å². The predicted octanol–water partition coefficient (Wildman–Crippen LogP) is 2.76. The van der Waals surface area contributed by atoms with Crippen molar-refractivity contribution < 1.29 is 9.47 Å². The SMILES string of the molecule is COc1ccccc1COCc1ccccc1C1=NCCN1. The van der Waals surface area contributed by atoms with Crippen molar-refractivity contribution in [3.8, 4) is 5.75 Å². The number of rotatable bonds is 6. The number of nitrogens with one attached hydrogen (secondary N) is 1. The van der Waals surface area contributed by atoms with Gasteiger partial charge in [-0.15, -0.1) is 0 Å². The molecule has 0 spiro atoms. The quantitative estimate of drug-likeness (QED) is 0.891. The second-order valence-electron chi connectivity index (χ2n) is 5.12. The van der Waals surface area contributed by atoms with Gasteiger partial charge in [0.25, 0.3) is 0 Å². The van der Waals surface area contributed by atoms with Gasteiger partial charge in [0, 0.05) is 17.7 Å². The molecule has 1 aliphatic heterocycles. The van der Waals surface area contributed by atoms with E-state index in [-0.39, 0.29) is 0 Å². The van der Waals surface area contributed by atoms with Gasteiger partial charge in [0.1, 0.15) is 11.6 Å². The van der Waals surface area contributed by atoms with E-state index in [1.807, 2.05) is 36.4 Å². The highest BCUT2D eigenvalue weighted by Crippen LogP contribution is 2.19. The monoisotopic (exact) mass is 296 g/mol. The smallest absolute Gasteiger partial charge is 0.128 e. The van der Waals surface area contributed by atoms with Gasteiger partial charge >= 0.3 is 0 Å². The molecule has 0 bridgehead atoms. The largest absolute Gasteiger partial charge is 0.496 e. The van der Waals surface area contributed by atoms with Crippen molar-refractivity contribution in [3.63, 3.8) is 0 Å². The Bertz CT molecular complexity index is 668. The van der Waals surface area contributed by atoms with Crippen molar-refractivity contribution in [3.05, 3.63) is 65.2 Å². The molecule has 0 atom stereocenters. The van der Waals surface area contributed by atoms with Crippen LogP contribution in [-0.4, -0.2) is 26.0 Å². The third-order valence-corrected chi connectivity index (χ3v) is 3.65. The molecule has 1 aliphatic rings. The van der Waals surface area contributed by atoms with E-state index in [4.69, 9.17) is 9.47 Å². The second kappa shape index (κ2) is 7.09. The van der Waals surface area contributed by atoms with Crippen LogP contribution in [0, 0.1) is 0 Å². The minimum absolute atomic E-state index is 0.526. The topological polar surface area (TPSA) is 42.9 Å². The fraction of sp³-hybridized carbons (Fsp3) is 0.278. The zero-order valence-electron chi connectivity index (χ0n) is 12.7. The first-order chi connectivity index (χ1) is 10.9. The molecule has 0 fully saturated rings. The number of aliphatic imine (C=N–C) groups is 1. The summed E-state index contributed by atoms with van der Waals surface area (Å²) in [5, 5.41) is 3.31. The molecule has 1 N–H and O–H groups in total. The van der Waals surface area contributed by atoms with Crippen LogP contribution in [0.5, 0.6) is 5.75 Å². The normalized spacial score (nSPS) is 13.6. The van der Waals surface area contributed by atoms with E-state index in [0.717, 1.165) is 41.4 Å². The molecule has 3 rings (SSSR count). The number of hydrogen-bond donors (Lipinski definition) is 1. The fourth-order valence-corrected chi connectivity index (χ4v) is 2.55. The Hall–Kier alpha value is -2.33. The van der Waals surface area contributed by atoms with Crippen molar-refractivity contribution in [2.24, 2.45) is 4.99 Å². The Morgan fingerprint density at radius 2 is 1.73 bits per heavy atom. The minimum Gasteiger partial charge on any atom is -0.496 e. The fourth-order valence-electron chi connectivity index (χ4n) is 2.55. The maximum atomic E-state index is 5.89. The van der Waals surface area contributed by atoms with E-state index < -0.39 is 0 Å². The van der Waals surface area contributed by atoms with Gasteiger partial charge in [0.2, 0.25) is 0 Å². The number of para-hydroxylation sites is 1. The van der Waals surface area contributed by atoms with Crippen molar-refractivity contribution in [2.75, 3.05) is 20.2 Å². The van der Waals surface area contributed by atoms with Gasteiger partial charge in [-0.05, 0) is 11.6 Å². The van der Waals surface area contributed by atoms with E-state index in [2.05, 4.69) is 22.4 Å². The molecular formula is C18H20N2O2. The first-order valence-corrected chi connectivity index (χ1v) is 7.44. The summed E-state index contributed by atoms with van der Waals surface area (Å²) >= 11 is 0. The van der Waals surface area contributed by atoms with Crippen molar-refractivity contribution in [2.45, 2.75) is 13.2 Å². The van der Waals surface area contributed by atoms with Gasteiger partial charge < -0.3 is 14.8 Å². The van der Waals surface area contributed by atoms with Crippen LogP contribution >= 0.6 is 0 Å². The summed E-state index contributed by atoms with van der Waals surface area (Å²) in [5.74, 6) is 1.83. The summed E-state index contributed by atoms with van der Waals surface area (Å²) in [6.45, 7) is 2.82. The first-order valence-electron chi connectivity index (χ1n) is 7.44. The van der Waals surface area contributed by atoms with Crippen LogP contribution in [0.25, 0.3) is 0 Å². The minimum atomic E-state index is 0.526. The van der Waals surface area contributed by atoms with Gasteiger partial charge in [-0.1, -0.05) is 42.5 Å². The lowest BCUT2D eigenvalue weighted by Gasteiger charge is -2.12. The summed E-state index contributed by atoms with van der Waals surface area (Å²) in [7, 11) is 1.68. The predicted molar refractivity (Wildman–Crippen MR) is 87.3 cm³/mol. The molecule has 0 aromatic heterocycles. The van der Waals surface area contributed by atoms with E-state index in [9.17, 15) is 0 Å². The van der Waals surface area contributed by atoms with E-state index >= 15 is 0 Å². The molecule has 0 saturated heterocycles. The average molecular weight is 296 g/mol. The highest BCUT2D eigenvalue weighted by Gasteiger charge is 2.12. The molecule has 2 aromatic carbocycles. The Morgan fingerprint density at radius 1 is 1.00 bits per heavy atom. The summed E-state index contributed by atoms with van der Waals surface area (Å²) in [6.07, 6.45) is 0. The number of nitrogens with zero attached hydrogens (tertiary/aromatic N) is 1. The van der Waals surface area contributed by atoms with Crippen LogP contribution in [0.4, 0.5) is 0 Å². The Kier molecular flexibility index (Phi) is 4.71. The van der Waals surface area contributed by atoms with E-state index in [1.165, 1.54) is 0 Å². The van der Waals surface area contributed by atoms with Gasteiger partial charge in [-0.2, -0.15) is 0 Å². The number of hydrogen-bond acceptors (Lipinski definition) is 4. The Morgan fingerprint density at radius 3 is 2.50 bits per heavy atom. The van der Waals surface area contributed by atoms with E-state index in [0.29, 0.717) is 13.2 Å². The maximum absolute atomic E-state index is 5.89. The maximum Gasteiger partial charge on any atom is 0.128 e. The molecule has 4 nitrogen and oxygen atoms in total. The third-order valence-electron chi connectivity index (χ3n) is 3.65. The molecule has 0 aliphatic carbocycles. The summed E-state index contributed by atoms with van der Waals surface area (Å²) in [5.41, 5.74) is 3.32. The van der Waals surface area contributed by atoms with Gasteiger partial charge in [-0.25, -0.2) is 0 Å². The van der Waals surface area contributed by atoms with Crippen LogP contribution in [-0.2, 0) is 18.0 Å². The van der Waals surface area contributed by atoms with Crippen LogP contribution < -0.4 is 10.1 Å². The zero-order chi connectivity index (χ0) is 15.2. The lowest BCUT2D eigenvalue weighted by atomic mass is 10.1. The molecule has 2 aromatic rings. The molecule has 1 heterocycles. The van der Waals surface area contributed by atoms with Crippen LogP contribution in [0.1, 0.15) is 16.7 Å². The molecule has 22 heavy (non-hydrogen) atoms. The summed E-state index contributed by atoms with van der Waals surface area (Å²) in [6, 6.07) is 16.1. The van der Waals surface area contributed by atoms with Crippen LogP contribution in [0.15, 0.2) is 53.5 Å². The average Bonchev–Trinajstić information content (AvgIpc) is 3.10. The standard InChI is InChI=1S/C18H20N2O2/c1-21-17-9-5-3-7-15(17)13-22-12-14-6-2-4-8-16(14)18-19-10-11-20-18/h2-9H,10-13H2,1H3,(H,19,20). The van der Waals surface area contributed by atoms with Crippen LogP contribution in [0.2, 0.25) is 0 Å². The summed E-state index contributed by atoms with van der Waals surface area (Å²) < 4.78 is 11.2. The molecular weight excluding hydrogens is 276 g/mol. The van der Waals surface area contributed by atoms with Crippen molar-refractivity contribution >= 4 is 5.84 Å². The highest BCUT2D eigenvalue weighted by molar-refractivity contribution is 6.00. The van der Waals surface area contributed by atoms with Gasteiger partial charge in [-0.3, -0.25) is 4.99 Å². The highest BCUT2D eigenvalue weighted by atomic mass is 16.5. The molecule has 114 valence electrons. The van der Waals surface area contributed by atoms with Crippen molar-refractivity contribution in [1.29, 1.82) is 0 Å². The second-order valence-corrected chi connectivity index (χ2v) is 5.12. The lowest BCUT2D eigenvalue weighted by Crippen LogP contribution is -2.21. The number of benzene rings is 2. The molecule has 0 amide bonds.